The number of hydrogen-bond acceptors (Lipinski definition) is 1. The quantitative estimate of drug-likeness (QED) is 0.142. The Morgan fingerprint density at radius 1 is 0.205 bits per heavy atom. The lowest BCUT2D eigenvalue weighted by Gasteiger charge is -2.28. The van der Waals surface area contributed by atoms with Gasteiger partial charge < -0.3 is 13.7 Å². The molecule has 0 unspecified atom stereocenters. The molecular weight excluding hydrogens is 1000 g/mol. The van der Waals surface area contributed by atoms with Gasteiger partial charge in [0.2, 0.25) is 0 Å². The van der Waals surface area contributed by atoms with E-state index >= 15 is 0 Å². The molecule has 83 heavy (non-hydrogen) atoms. The number of nitriles is 1. The highest BCUT2D eigenvalue weighted by atomic mass is 15.1. The summed E-state index contributed by atoms with van der Waals surface area (Å²) >= 11 is 0. The molecule has 386 valence electrons. The molecule has 0 saturated carbocycles. The van der Waals surface area contributed by atoms with Crippen molar-refractivity contribution in [3.05, 3.63) is 309 Å². The number of para-hydroxylation sites is 2. The third-order valence-corrected chi connectivity index (χ3v) is 16.9. The summed E-state index contributed by atoms with van der Waals surface area (Å²) in [5.74, 6) is 0. The first-order chi connectivity index (χ1) is 41.2. The van der Waals surface area contributed by atoms with Gasteiger partial charge in [-0.15, -0.1) is 0 Å². The summed E-state index contributed by atoms with van der Waals surface area (Å²) in [6.07, 6.45) is 0. The first-order valence-corrected chi connectivity index (χ1v) is 28.3. The van der Waals surface area contributed by atoms with Crippen LogP contribution in [0.25, 0.3) is 149 Å². The Morgan fingerprint density at radius 3 is 0.735 bits per heavy atom. The number of hydrogen-bond donors (Lipinski definition) is 0. The van der Waals surface area contributed by atoms with Crippen LogP contribution in [0.3, 0.4) is 0 Å². The van der Waals surface area contributed by atoms with Gasteiger partial charge in [0.25, 0.3) is 0 Å². The molecule has 3 heterocycles. The lowest BCUT2D eigenvalue weighted by Crippen LogP contribution is -2.13. The Labute approximate surface area is 480 Å². The van der Waals surface area contributed by atoms with E-state index in [1.807, 2.05) is 0 Å². The molecular formula is C79H50N4. The minimum Gasteiger partial charge on any atom is -0.308 e. The highest BCUT2D eigenvalue weighted by Gasteiger charge is 2.34. The van der Waals surface area contributed by atoms with E-state index in [2.05, 4.69) is 323 Å². The molecule has 16 rings (SSSR count). The second-order valence-electron chi connectivity index (χ2n) is 21.4. The largest absolute Gasteiger partial charge is 0.308 e. The second kappa shape index (κ2) is 19.5. The molecule has 0 spiro atoms. The molecule has 0 amide bonds. The average Bonchev–Trinajstić information content (AvgIpc) is 4.42. The molecule has 0 N–H and O–H groups in total. The summed E-state index contributed by atoms with van der Waals surface area (Å²) in [4.78, 5) is 0. The predicted molar refractivity (Wildman–Crippen MR) is 347 cm³/mol. The predicted octanol–water partition coefficient (Wildman–Crippen LogP) is 20.9. The fourth-order valence-corrected chi connectivity index (χ4v) is 13.2. The van der Waals surface area contributed by atoms with Gasteiger partial charge in [-0.05, 0) is 116 Å². The molecule has 4 nitrogen and oxygen atoms in total. The lowest BCUT2D eigenvalue weighted by atomic mass is 9.88. The number of fused-ring (bicyclic) bond motifs is 9. The van der Waals surface area contributed by atoms with Crippen LogP contribution < -0.4 is 0 Å². The number of aromatic nitrogens is 3. The van der Waals surface area contributed by atoms with Crippen molar-refractivity contribution in [1.29, 1.82) is 5.26 Å². The Morgan fingerprint density at radius 2 is 0.446 bits per heavy atom. The SMILES string of the molecule is N#Cc1c(-n2c3ccc(-c4ccccc4)cc3c3cc(-c4ccccc4)ccc32)c(-c2ccccc2)c(-n2c3ccccc3c3ccccc32)c(-c2ccccc2)c1-n1c2ccc(-c3ccccc3)cc2c2cc(-c3ccccc3)ccc21. The Bertz CT molecular complexity index is 4710. The van der Waals surface area contributed by atoms with E-state index in [1.54, 1.807) is 0 Å². The van der Waals surface area contributed by atoms with Crippen molar-refractivity contribution in [3.8, 4) is 89.9 Å². The van der Waals surface area contributed by atoms with Gasteiger partial charge in [0.15, 0.2) is 0 Å². The Kier molecular flexibility index (Phi) is 11.2. The van der Waals surface area contributed by atoms with Crippen LogP contribution in [-0.4, -0.2) is 13.7 Å². The van der Waals surface area contributed by atoms with Gasteiger partial charge in [-0.3, -0.25) is 0 Å². The molecule has 16 aromatic rings. The first-order valence-electron chi connectivity index (χ1n) is 28.3. The smallest absolute Gasteiger partial charge is 0.104 e. The standard InChI is InChI=1S/C79H50N4/c80-51-68-77(81-71-43-39-58(52-23-7-1-8-24-52)47-64(71)65-48-59(40-44-72(65)81)53-25-9-2-10-26-53)75(56-31-15-5-16-32-56)79(83-69-37-21-19-35-62(69)63-36-20-22-38-70(63)83)76(57-33-17-6-18-34-57)78(68)82-73-45-41-60(54-27-11-3-12-28-54)49-66(73)67-50-61(42-46-74(67)82)55-29-13-4-14-30-55/h1-50H. The maximum Gasteiger partial charge on any atom is 0.104 e. The Balaban J connectivity index is 1.16. The van der Waals surface area contributed by atoms with Crippen molar-refractivity contribution in [1.82, 2.24) is 13.7 Å². The zero-order valence-corrected chi connectivity index (χ0v) is 45.2. The molecule has 0 aliphatic heterocycles. The Hall–Kier alpha value is -11.3. The molecule has 4 heteroatoms. The minimum absolute atomic E-state index is 0.545. The van der Waals surface area contributed by atoms with Gasteiger partial charge in [0, 0.05) is 43.4 Å². The number of rotatable bonds is 9. The average molecular weight is 1060 g/mol. The van der Waals surface area contributed by atoms with Gasteiger partial charge in [0.1, 0.15) is 11.6 Å². The van der Waals surface area contributed by atoms with E-state index in [0.29, 0.717) is 5.56 Å². The molecule has 0 fully saturated rings. The van der Waals surface area contributed by atoms with E-state index in [4.69, 9.17) is 0 Å². The van der Waals surface area contributed by atoms with Crippen LogP contribution in [-0.2, 0) is 0 Å². The van der Waals surface area contributed by atoms with Gasteiger partial charge in [-0.25, -0.2) is 0 Å². The van der Waals surface area contributed by atoms with Gasteiger partial charge >= 0.3 is 0 Å². The van der Waals surface area contributed by atoms with Crippen molar-refractivity contribution >= 4 is 65.4 Å². The zero-order chi connectivity index (χ0) is 55.0. The monoisotopic (exact) mass is 1050 g/mol. The third kappa shape index (κ3) is 7.67. The van der Waals surface area contributed by atoms with E-state index in [-0.39, 0.29) is 0 Å². The van der Waals surface area contributed by atoms with Crippen LogP contribution in [0.5, 0.6) is 0 Å². The van der Waals surface area contributed by atoms with E-state index in [0.717, 1.165) is 149 Å². The van der Waals surface area contributed by atoms with Crippen molar-refractivity contribution in [3.63, 3.8) is 0 Å². The maximum atomic E-state index is 12.9. The summed E-state index contributed by atoms with van der Waals surface area (Å²) in [7, 11) is 0. The fourth-order valence-electron chi connectivity index (χ4n) is 13.2. The summed E-state index contributed by atoms with van der Waals surface area (Å²) in [5.41, 5.74) is 22.1. The molecule has 0 saturated heterocycles. The molecule has 3 aromatic heterocycles. The van der Waals surface area contributed by atoms with E-state index in [1.165, 1.54) is 0 Å². The van der Waals surface area contributed by atoms with Crippen molar-refractivity contribution in [2.75, 3.05) is 0 Å². The van der Waals surface area contributed by atoms with Crippen molar-refractivity contribution < 1.29 is 0 Å². The van der Waals surface area contributed by atoms with Crippen LogP contribution in [0, 0.1) is 11.3 Å². The minimum atomic E-state index is 0.545. The topological polar surface area (TPSA) is 38.6 Å². The molecule has 0 aliphatic rings. The second-order valence-corrected chi connectivity index (χ2v) is 21.4. The zero-order valence-electron chi connectivity index (χ0n) is 45.2. The number of nitrogens with zero attached hydrogens (tertiary/aromatic N) is 4. The fraction of sp³-hybridized carbons (Fsp3) is 0. The summed E-state index contributed by atoms with van der Waals surface area (Å²) in [5, 5.41) is 19.5. The molecule has 0 bridgehead atoms. The normalized spacial score (nSPS) is 11.6. The third-order valence-electron chi connectivity index (χ3n) is 16.9. The van der Waals surface area contributed by atoms with Crippen LogP contribution in [0.1, 0.15) is 5.56 Å². The van der Waals surface area contributed by atoms with Gasteiger partial charge in [0.05, 0.1) is 50.2 Å². The van der Waals surface area contributed by atoms with Crippen LogP contribution in [0.15, 0.2) is 303 Å². The highest BCUT2D eigenvalue weighted by Crippen LogP contribution is 2.53. The number of benzene rings is 13. The maximum absolute atomic E-state index is 12.9. The highest BCUT2D eigenvalue weighted by molar-refractivity contribution is 6.17. The van der Waals surface area contributed by atoms with E-state index < -0.39 is 0 Å². The molecule has 13 aromatic carbocycles. The lowest BCUT2D eigenvalue weighted by molar-refractivity contribution is 1.09. The first kappa shape index (κ1) is 47.7. The molecule has 0 radical (unpaired) electrons. The molecule has 0 atom stereocenters. The van der Waals surface area contributed by atoms with Gasteiger partial charge in [-0.1, -0.05) is 243 Å². The summed E-state index contributed by atoms with van der Waals surface area (Å²) < 4.78 is 7.33. The van der Waals surface area contributed by atoms with Crippen molar-refractivity contribution in [2.24, 2.45) is 0 Å². The van der Waals surface area contributed by atoms with Crippen LogP contribution >= 0.6 is 0 Å². The van der Waals surface area contributed by atoms with E-state index in [9.17, 15) is 5.26 Å². The van der Waals surface area contributed by atoms with Crippen LogP contribution in [0.4, 0.5) is 0 Å². The van der Waals surface area contributed by atoms with Gasteiger partial charge in [-0.2, -0.15) is 5.26 Å². The summed E-state index contributed by atoms with van der Waals surface area (Å²) in [6, 6.07) is 112. The van der Waals surface area contributed by atoms with Crippen molar-refractivity contribution in [2.45, 2.75) is 0 Å². The molecule has 0 aliphatic carbocycles. The van der Waals surface area contributed by atoms with Crippen LogP contribution in [0.2, 0.25) is 0 Å². The summed E-state index contributed by atoms with van der Waals surface area (Å²) in [6.45, 7) is 0.